The van der Waals surface area contributed by atoms with Gasteiger partial charge in [-0.3, -0.25) is 0 Å². The van der Waals surface area contributed by atoms with E-state index in [1.807, 2.05) is 0 Å². The molecule has 0 aliphatic carbocycles. The molecule has 1 aromatic rings. The minimum Gasteiger partial charge on any atom is -0.245 e. The molecule has 0 bridgehead atoms. The molecule has 18 heavy (non-hydrogen) atoms. The van der Waals surface area contributed by atoms with Crippen LogP contribution in [0.25, 0.3) is 5.57 Å². The van der Waals surface area contributed by atoms with Gasteiger partial charge < -0.3 is 0 Å². The topological polar surface area (TPSA) is 6.48 Å². The molecule has 0 spiro atoms. The summed E-state index contributed by atoms with van der Waals surface area (Å²) >= 11 is 0. The summed E-state index contributed by atoms with van der Waals surface area (Å²) in [7, 11) is 2.20. The van der Waals surface area contributed by atoms with Crippen LogP contribution in [0.4, 0.5) is 0 Å². The monoisotopic (exact) mass is 244 g/mol. The highest BCUT2D eigenvalue weighted by Gasteiger charge is 2.14. The van der Waals surface area contributed by atoms with E-state index in [0.29, 0.717) is 0 Å². The standard InChI is InChI=1S/C16H24N2/c1-15(16-9-5-3-6-10-16)11-14-18-13-8-4-7-12-17(18)2/h3,5-6,9-10H,1,4,7-8,11-14H2,2H3. The van der Waals surface area contributed by atoms with Gasteiger partial charge in [0.25, 0.3) is 0 Å². The Kier molecular flexibility index (Phi) is 4.97. The van der Waals surface area contributed by atoms with Crippen molar-refractivity contribution in [2.75, 3.05) is 26.7 Å². The van der Waals surface area contributed by atoms with E-state index in [1.54, 1.807) is 0 Å². The van der Waals surface area contributed by atoms with E-state index in [1.165, 1.54) is 43.5 Å². The summed E-state index contributed by atoms with van der Waals surface area (Å²) in [6, 6.07) is 10.5. The molecule has 0 atom stereocenters. The maximum atomic E-state index is 4.21. The average Bonchev–Trinajstić information content (AvgIpc) is 2.62. The Labute approximate surface area is 111 Å². The summed E-state index contributed by atoms with van der Waals surface area (Å²) < 4.78 is 0. The van der Waals surface area contributed by atoms with Crippen molar-refractivity contribution in [2.24, 2.45) is 0 Å². The van der Waals surface area contributed by atoms with Gasteiger partial charge in [-0.1, -0.05) is 43.3 Å². The molecule has 1 aliphatic rings. The van der Waals surface area contributed by atoms with Crippen LogP contribution < -0.4 is 0 Å². The Morgan fingerprint density at radius 1 is 1.11 bits per heavy atom. The Morgan fingerprint density at radius 3 is 2.61 bits per heavy atom. The number of nitrogens with zero attached hydrogens (tertiary/aromatic N) is 2. The zero-order valence-corrected chi connectivity index (χ0v) is 11.4. The zero-order valence-electron chi connectivity index (χ0n) is 11.4. The van der Waals surface area contributed by atoms with Gasteiger partial charge in [0, 0.05) is 26.7 Å². The van der Waals surface area contributed by atoms with Crippen LogP contribution in [0.5, 0.6) is 0 Å². The fraction of sp³-hybridized carbons (Fsp3) is 0.500. The maximum Gasteiger partial charge on any atom is 0.0173 e. The lowest BCUT2D eigenvalue weighted by atomic mass is 10.0. The molecule has 1 aromatic carbocycles. The van der Waals surface area contributed by atoms with Crippen molar-refractivity contribution in [3.05, 3.63) is 42.5 Å². The summed E-state index contributed by atoms with van der Waals surface area (Å²) in [5.74, 6) is 0. The van der Waals surface area contributed by atoms with Crippen molar-refractivity contribution in [1.82, 2.24) is 10.0 Å². The average molecular weight is 244 g/mol. The molecular formula is C16H24N2. The number of hydrazine groups is 1. The van der Waals surface area contributed by atoms with Gasteiger partial charge in [0.05, 0.1) is 0 Å². The lowest BCUT2D eigenvalue weighted by Crippen LogP contribution is -2.40. The summed E-state index contributed by atoms with van der Waals surface area (Å²) in [5.41, 5.74) is 2.52. The van der Waals surface area contributed by atoms with Crippen LogP contribution in [-0.2, 0) is 0 Å². The second kappa shape index (κ2) is 6.72. The molecule has 2 heteroatoms. The smallest absolute Gasteiger partial charge is 0.0173 e. The van der Waals surface area contributed by atoms with Crippen LogP contribution in [0.3, 0.4) is 0 Å². The first-order valence-electron chi connectivity index (χ1n) is 6.96. The van der Waals surface area contributed by atoms with E-state index in [-0.39, 0.29) is 0 Å². The first-order valence-corrected chi connectivity index (χ1v) is 6.96. The van der Waals surface area contributed by atoms with Gasteiger partial charge in [0.1, 0.15) is 0 Å². The van der Waals surface area contributed by atoms with Crippen LogP contribution in [0.2, 0.25) is 0 Å². The van der Waals surface area contributed by atoms with E-state index < -0.39 is 0 Å². The molecule has 0 saturated carbocycles. The van der Waals surface area contributed by atoms with Crippen LogP contribution >= 0.6 is 0 Å². The minimum absolute atomic E-state index is 1.05. The molecule has 98 valence electrons. The number of rotatable bonds is 4. The highest BCUT2D eigenvalue weighted by Crippen LogP contribution is 2.17. The largest absolute Gasteiger partial charge is 0.245 e. The third-order valence-electron chi connectivity index (χ3n) is 3.73. The second-order valence-electron chi connectivity index (χ2n) is 5.12. The molecule has 1 aliphatic heterocycles. The Morgan fingerprint density at radius 2 is 1.83 bits per heavy atom. The Bertz CT molecular complexity index is 372. The Balaban J connectivity index is 1.85. The van der Waals surface area contributed by atoms with E-state index >= 15 is 0 Å². The molecule has 0 N–H and O–H groups in total. The fourth-order valence-corrected chi connectivity index (χ4v) is 2.49. The van der Waals surface area contributed by atoms with Crippen LogP contribution in [-0.4, -0.2) is 36.7 Å². The summed E-state index contributed by atoms with van der Waals surface area (Å²) in [5, 5.41) is 4.85. The van der Waals surface area contributed by atoms with E-state index in [0.717, 1.165) is 13.0 Å². The highest BCUT2D eigenvalue weighted by molar-refractivity contribution is 5.63. The van der Waals surface area contributed by atoms with Crippen LogP contribution in [0.15, 0.2) is 36.9 Å². The van der Waals surface area contributed by atoms with Gasteiger partial charge in [-0.2, -0.15) is 0 Å². The van der Waals surface area contributed by atoms with Gasteiger partial charge in [-0.15, -0.1) is 0 Å². The first-order chi connectivity index (χ1) is 8.77. The van der Waals surface area contributed by atoms with Crippen molar-refractivity contribution in [3.8, 4) is 0 Å². The molecule has 0 unspecified atom stereocenters. The highest BCUT2D eigenvalue weighted by atomic mass is 15.6. The molecule has 2 nitrogen and oxygen atoms in total. The zero-order chi connectivity index (χ0) is 12.8. The Hall–Kier alpha value is -1.12. The predicted molar refractivity (Wildman–Crippen MR) is 78.1 cm³/mol. The fourth-order valence-electron chi connectivity index (χ4n) is 2.49. The van der Waals surface area contributed by atoms with E-state index in [2.05, 4.69) is 54.0 Å². The van der Waals surface area contributed by atoms with Crippen molar-refractivity contribution >= 4 is 5.57 Å². The molecule has 0 amide bonds. The number of benzene rings is 1. The number of hydrogen-bond donors (Lipinski definition) is 0. The molecule has 0 radical (unpaired) electrons. The number of hydrogen-bond acceptors (Lipinski definition) is 2. The minimum atomic E-state index is 1.05. The summed E-state index contributed by atoms with van der Waals surface area (Å²) in [4.78, 5) is 0. The third kappa shape index (κ3) is 3.69. The van der Waals surface area contributed by atoms with Crippen molar-refractivity contribution in [3.63, 3.8) is 0 Å². The van der Waals surface area contributed by atoms with Gasteiger partial charge in [-0.25, -0.2) is 10.0 Å². The molecule has 1 saturated heterocycles. The van der Waals surface area contributed by atoms with E-state index in [9.17, 15) is 0 Å². The van der Waals surface area contributed by atoms with Gasteiger partial charge in [0.2, 0.25) is 0 Å². The van der Waals surface area contributed by atoms with Gasteiger partial charge >= 0.3 is 0 Å². The molecule has 1 heterocycles. The van der Waals surface area contributed by atoms with Crippen molar-refractivity contribution < 1.29 is 0 Å². The molecule has 0 aromatic heterocycles. The second-order valence-corrected chi connectivity index (χ2v) is 5.12. The van der Waals surface area contributed by atoms with Crippen LogP contribution in [0.1, 0.15) is 31.2 Å². The molecule has 1 fully saturated rings. The van der Waals surface area contributed by atoms with E-state index in [4.69, 9.17) is 0 Å². The summed E-state index contributed by atoms with van der Waals surface area (Å²) in [6.45, 7) is 7.69. The van der Waals surface area contributed by atoms with Gasteiger partial charge in [0.15, 0.2) is 0 Å². The quantitative estimate of drug-likeness (QED) is 0.800. The molecule has 2 rings (SSSR count). The third-order valence-corrected chi connectivity index (χ3v) is 3.73. The SMILES string of the molecule is C=C(CCN1CCCCCN1C)c1ccccc1. The summed E-state index contributed by atoms with van der Waals surface area (Å²) in [6.07, 6.45) is 5.06. The van der Waals surface area contributed by atoms with Gasteiger partial charge in [-0.05, 0) is 30.4 Å². The maximum absolute atomic E-state index is 4.21. The lowest BCUT2D eigenvalue weighted by molar-refractivity contribution is 0.0119. The van der Waals surface area contributed by atoms with Crippen molar-refractivity contribution in [1.29, 1.82) is 0 Å². The van der Waals surface area contributed by atoms with Crippen LogP contribution in [0, 0.1) is 0 Å². The first kappa shape index (κ1) is 13.3. The molecular weight excluding hydrogens is 220 g/mol. The predicted octanol–water partition coefficient (Wildman–Crippen LogP) is 3.42. The lowest BCUT2D eigenvalue weighted by Gasteiger charge is -2.30. The normalized spacial score (nSPS) is 18.5. The van der Waals surface area contributed by atoms with Crippen molar-refractivity contribution in [2.45, 2.75) is 25.7 Å².